The van der Waals surface area contributed by atoms with Gasteiger partial charge in [-0.2, -0.15) is 0 Å². The SMILES string of the molecule is CC(NC(=O)COc1ccccc1Cc1ccccc1)c1ccccn1. The highest BCUT2D eigenvalue weighted by molar-refractivity contribution is 5.78. The van der Waals surface area contributed by atoms with E-state index < -0.39 is 0 Å². The van der Waals surface area contributed by atoms with Crippen molar-refractivity contribution in [3.8, 4) is 5.75 Å². The first-order valence-corrected chi connectivity index (χ1v) is 8.67. The van der Waals surface area contributed by atoms with Crippen molar-refractivity contribution >= 4 is 5.91 Å². The lowest BCUT2D eigenvalue weighted by atomic mass is 10.0. The average molecular weight is 346 g/mol. The molecule has 4 nitrogen and oxygen atoms in total. The van der Waals surface area contributed by atoms with E-state index in [9.17, 15) is 4.79 Å². The molecule has 3 rings (SSSR count). The molecule has 0 spiro atoms. The smallest absolute Gasteiger partial charge is 0.258 e. The second kappa shape index (κ2) is 8.81. The molecule has 0 aliphatic heterocycles. The van der Waals surface area contributed by atoms with E-state index in [2.05, 4.69) is 22.4 Å². The zero-order chi connectivity index (χ0) is 18.2. The Bertz CT molecular complexity index is 835. The summed E-state index contributed by atoms with van der Waals surface area (Å²) in [6, 6.07) is 23.5. The quantitative estimate of drug-likeness (QED) is 0.705. The standard InChI is InChI=1S/C22H22N2O2/c1-17(20-12-7-8-14-23-20)24-22(25)16-26-21-13-6-5-11-19(21)15-18-9-3-2-4-10-18/h2-14,17H,15-16H2,1H3,(H,24,25). The maximum atomic E-state index is 12.2. The van der Waals surface area contributed by atoms with Gasteiger partial charge in [-0.15, -0.1) is 0 Å². The lowest BCUT2D eigenvalue weighted by Crippen LogP contribution is -2.31. The van der Waals surface area contributed by atoms with Gasteiger partial charge in [0.2, 0.25) is 0 Å². The van der Waals surface area contributed by atoms with Crippen molar-refractivity contribution < 1.29 is 9.53 Å². The average Bonchev–Trinajstić information content (AvgIpc) is 2.69. The molecule has 0 aliphatic carbocycles. The van der Waals surface area contributed by atoms with Crippen LogP contribution in [0.25, 0.3) is 0 Å². The van der Waals surface area contributed by atoms with Gasteiger partial charge in [-0.05, 0) is 36.2 Å². The molecule has 1 amide bonds. The number of carbonyl (C=O) groups excluding carboxylic acids is 1. The molecule has 26 heavy (non-hydrogen) atoms. The Hall–Kier alpha value is -3.14. The monoisotopic (exact) mass is 346 g/mol. The minimum Gasteiger partial charge on any atom is -0.483 e. The number of pyridine rings is 1. The molecule has 4 heteroatoms. The summed E-state index contributed by atoms with van der Waals surface area (Å²) in [4.78, 5) is 16.5. The van der Waals surface area contributed by atoms with Crippen molar-refractivity contribution in [2.75, 3.05) is 6.61 Å². The van der Waals surface area contributed by atoms with Gasteiger partial charge in [0.15, 0.2) is 6.61 Å². The van der Waals surface area contributed by atoms with E-state index in [0.29, 0.717) is 0 Å². The highest BCUT2D eigenvalue weighted by Crippen LogP contribution is 2.21. The van der Waals surface area contributed by atoms with E-state index in [-0.39, 0.29) is 18.6 Å². The number of rotatable bonds is 7. The molecular weight excluding hydrogens is 324 g/mol. The van der Waals surface area contributed by atoms with Gasteiger partial charge in [-0.3, -0.25) is 9.78 Å². The molecule has 1 aromatic heterocycles. The number of para-hydroxylation sites is 1. The summed E-state index contributed by atoms with van der Waals surface area (Å²) < 4.78 is 5.78. The first kappa shape index (κ1) is 17.7. The summed E-state index contributed by atoms with van der Waals surface area (Å²) in [6.07, 6.45) is 2.48. The minimum atomic E-state index is -0.169. The fourth-order valence-electron chi connectivity index (χ4n) is 2.74. The van der Waals surface area contributed by atoms with Crippen LogP contribution in [0.2, 0.25) is 0 Å². The second-order valence-corrected chi connectivity index (χ2v) is 6.10. The molecule has 1 unspecified atom stereocenters. The molecule has 0 aliphatic rings. The zero-order valence-electron chi connectivity index (χ0n) is 14.8. The number of ether oxygens (including phenoxy) is 1. The summed E-state index contributed by atoms with van der Waals surface area (Å²) >= 11 is 0. The van der Waals surface area contributed by atoms with E-state index in [1.807, 2.05) is 67.6 Å². The van der Waals surface area contributed by atoms with Gasteiger partial charge in [0, 0.05) is 12.6 Å². The number of nitrogens with one attached hydrogen (secondary N) is 1. The third kappa shape index (κ3) is 4.93. The Morgan fingerprint density at radius 3 is 2.50 bits per heavy atom. The van der Waals surface area contributed by atoms with Crippen LogP contribution in [-0.4, -0.2) is 17.5 Å². The fraction of sp³-hybridized carbons (Fsp3) is 0.182. The van der Waals surface area contributed by atoms with E-state index in [1.54, 1.807) is 6.20 Å². The summed E-state index contributed by atoms with van der Waals surface area (Å²) in [5, 5.41) is 2.91. The van der Waals surface area contributed by atoms with Gasteiger partial charge >= 0.3 is 0 Å². The molecule has 1 N–H and O–H groups in total. The number of carbonyl (C=O) groups is 1. The molecule has 2 aromatic carbocycles. The van der Waals surface area contributed by atoms with Crippen molar-refractivity contribution in [3.63, 3.8) is 0 Å². The predicted octanol–water partition coefficient (Wildman–Crippen LogP) is 3.93. The normalized spacial score (nSPS) is 11.6. The van der Waals surface area contributed by atoms with Gasteiger partial charge in [-0.1, -0.05) is 54.6 Å². The largest absolute Gasteiger partial charge is 0.483 e. The molecule has 0 fully saturated rings. The van der Waals surface area contributed by atoms with Crippen LogP contribution in [0, 0.1) is 0 Å². The number of aromatic nitrogens is 1. The van der Waals surface area contributed by atoms with E-state index >= 15 is 0 Å². The maximum absolute atomic E-state index is 12.2. The van der Waals surface area contributed by atoms with E-state index in [0.717, 1.165) is 23.4 Å². The molecule has 0 saturated heterocycles. The summed E-state index contributed by atoms with van der Waals surface area (Å²) in [5.41, 5.74) is 3.09. The topological polar surface area (TPSA) is 51.2 Å². The fourth-order valence-corrected chi connectivity index (χ4v) is 2.74. The van der Waals surface area contributed by atoms with Gasteiger partial charge in [-0.25, -0.2) is 0 Å². The predicted molar refractivity (Wildman–Crippen MR) is 102 cm³/mol. The lowest BCUT2D eigenvalue weighted by Gasteiger charge is -2.15. The highest BCUT2D eigenvalue weighted by atomic mass is 16.5. The summed E-state index contributed by atoms with van der Waals surface area (Å²) in [6.45, 7) is 1.88. The van der Waals surface area contributed by atoms with Crippen LogP contribution in [0.4, 0.5) is 0 Å². The molecule has 1 heterocycles. The Morgan fingerprint density at radius 2 is 1.73 bits per heavy atom. The van der Waals surface area contributed by atoms with Crippen LogP contribution in [0.5, 0.6) is 5.75 Å². The Kier molecular flexibility index (Phi) is 5.99. The van der Waals surface area contributed by atoms with Crippen LogP contribution in [0.3, 0.4) is 0 Å². The van der Waals surface area contributed by atoms with Crippen molar-refractivity contribution in [2.24, 2.45) is 0 Å². The van der Waals surface area contributed by atoms with Crippen LogP contribution < -0.4 is 10.1 Å². The minimum absolute atomic E-state index is 0.0248. The van der Waals surface area contributed by atoms with Crippen molar-refractivity contribution in [2.45, 2.75) is 19.4 Å². The number of benzene rings is 2. The van der Waals surface area contributed by atoms with Crippen molar-refractivity contribution in [3.05, 3.63) is 95.8 Å². The third-order valence-electron chi connectivity index (χ3n) is 4.08. The van der Waals surface area contributed by atoms with Crippen LogP contribution >= 0.6 is 0 Å². The van der Waals surface area contributed by atoms with Crippen LogP contribution in [0.15, 0.2) is 79.0 Å². The molecule has 0 bridgehead atoms. The van der Waals surface area contributed by atoms with Crippen molar-refractivity contribution in [1.29, 1.82) is 0 Å². The third-order valence-corrected chi connectivity index (χ3v) is 4.08. The summed E-state index contributed by atoms with van der Waals surface area (Å²) in [7, 11) is 0. The van der Waals surface area contributed by atoms with Gasteiger partial charge < -0.3 is 10.1 Å². The Labute approximate surface area is 153 Å². The maximum Gasteiger partial charge on any atom is 0.258 e. The van der Waals surface area contributed by atoms with Gasteiger partial charge in [0.25, 0.3) is 5.91 Å². The van der Waals surface area contributed by atoms with E-state index in [4.69, 9.17) is 4.74 Å². The first-order chi connectivity index (χ1) is 12.7. The second-order valence-electron chi connectivity index (χ2n) is 6.10. The molecule has 0 radical (unpaired) electrons. The number of hydrogen-bond donors (Lipinski definition) is 1. The Balaban J connectivity index is 1.58. The summed E-state index contributed by atoms with van der Waals surface area (Å²) in [5.74, 6) is 0.564. The first-order valence-electron chi connectivity index (χ1n) is 8.67. The molecule has 132 valence electrons. The van der Waals surface area contributed by atoms with Crippen molar-refractivity contribution in [1.82, 2.24) is 10.3 Å². The zero-order valence-corrected chi connectivity index (χ0v) is 14.8. The lowest BCUT2D eigenvalue weighted by molar-refractivity contribution is -0.123. The molecular formula is C22H22N2O2. The van der Waals surface area contributed by atoms with Gasteiger partial charge in [0.05, 0.1) is 11.7 Å². The van der Waals surface area contributed by atoms with Gasteiger partial charge in [0.1, 0.15) is 5.75 Å². The van der Waals surface area contributed by atoms with Crippen LogP contribution in [0.1, 0.15) is 29.8 Å². The number of hydrogen-bond acceptors (Lipinski definition) is 3. The highest BCUT2D eigenvalue weighted by Gasteiger charge is 2.12. The molecule has 0 saturated carbocycles. The van der Waals surface area contributed by atoms with Crippen LogP contribution in [-0.2, 0) is 11.2 Å². The number of amides is 1. The Morgan fingerprint density at radius 1 is 1.00 bits per heavy atom. The van der Waals surface area contributed by atoms with E-state index in [1.165, 1.54) is 5.56 Å². The molecule has 3 aromatic rings. The number of nitrogens with zero attached hydrogens (tertiary/aromatic N) is 1. The molecule has 1 atom stereocenters.